The van der Waals surface area contributed by atoms with E-state index in [0.29, 0.717) is 16.8 Å². The van der Waals surface area contributed by atoms with Gasteiger partial charge in [-0.3, -0.25) is 4.79 Å². The van der Waals surface area contributed by atoms with Crippen molar-refractivity contribution in [1.82, 2.24) is 5.32 Å². The second kappa shape index (κ2) is 5.51. The maximum Gasteiger partial charge on any atom is 0.254 e. The zero-order valence-electron chi connectivity index (χ0n) is 8.18. The predicted octanol–water partition coefficient (Wildman–Crippen LogP) is 2.56. The van der Waals surface area contributed by atoms with Gasteiger partial charge in [-0.2, -0.15) is 12.6 Å². The van der Waals surface area contributed by atoms with Gasteiger partial charge < -0.3 is 5.32 Å². The Kier molecular flexibility index (Phi) is 4.60. The first-order chi connectivity index (χ1) is 7.07. The minimum absolute atomic E-state index is 0.0502. The predicted molar refractivity (Wildman–Crippen MR) is 65.0 cm³/mol. The zero-order valence-corrected chi connectivity index (χ0v) is 10.7. The van der Waals surface area contributed by atoms with Gasteiger partial charge in [0.2, 0.25) is 0 Å². The molecule has 0 radical (unpaired) electrons. The van der Waals surface area contributed by atoms with E-state index in [1.54, 1.807) is 13.0 Å². The van der Waals surface area contributed by atoms with Crippen molar-refractivity contribution in [2.45, 2.75) is 6.92 Å². The maximum absolute atomic E-state index is 13.6. The third-order valence-electron chi connectivity index (χ3n) is 1.92. The third kappa shape index (κ3) is 2.95. The van der Waals surface area contributed by atoms with Crippen LogP contribution in [0.3, 0.4) is 0 Å². The summed E-state index contributed by atoms with van der Waals surface area (Å²) in [5, 5.41) is 2.56. The highest BCUT2D eigenvalue weighted by molar-refractivity contribution is 9.10. The Morgan fingerprint density at radius 2 is 2.27 bits per heavy atom. The van der Waals surface area contributed by atoms with E-state index in [9.17, 15) is 9.18 Å². The molecule has 0 unspecified atom stereocenters. The van der Waals surface area contributed by atoms with Crippen LogP contribution in [-0.2, 0) is 0 Å². The second-order valence-electron chi connectivity index (χ2n) is 3.04. The molecule has 2 nitrogen and oxygen atoms in total. The molecule has 0 heterocycles. The lowest BCUT2D eigenvalue weighted by Gasteiger charge is -2.07. The van der Waals surface area contributed by atoms with Crippen LogP contribution in [0, 0.1) is 12.7 Å². The molecular weight excluding hydrogens is 281 g/mol. The first-order valence-corrected chi connectivity index (χ1v) is 5.84. The summed E-state index contributed by atoms with van der Waals surface area (Å²) in [6, 6.07) is 3.17. The Labute approximate surface area is 102 Å². The van der Waals surface area contributed by atoms with Crippen molar-refractivity contribution in [2.24, 2.45) is 0 Å². The molecule has 1 rings (SSSR count). The number of nitrogens with one attached hydrogen (secondary N) is 1. The van der Waals surface area contributed by atoms with E-state index in [2.05, 4.69) is 33.9 Å². The molecule has 0 aromatic heterocycles. The second-order valence-corrected chi connectivity index (χ2v) is 4.28. The average Bonchev–Trinajstić information content (AvgIpc) is 2.23. The fourth-order valence-corrected chi connectivity index (χ4v) is 1.54. The number of hydrogen-bond donors (Lipinski definition) is 2. The van der Waals surface area contributed by atoms with E-state index in [1.807, 2.05) is 0 Å². The molecule has 0 aliphatic carbocycles. The summed E-state index contributed by atoms with van der Waals surface area (Å²) in [5.74, 6) is -0.408. The molecule has 0 aliphatic rings. The van der Waals surface area contributed by atoms with Gasteiger partial charge in [0, 0.05) is 12.3 Å². The molecule has 5 heteroatoms. The SMILES string of the molecule is Cc1ccc(C(=O)NCCS)c(F)c1Br. The van der Waals surface area contributed by atoms with Gasteiger partial charge in [-0.15, -0.1) is 0 Å². The smallest absolute Gasteiger partial charge is 0.254 e. The van der Waals surface area contributed by atoms with E-state index in [-0.39, 0.29) is 5.56 Å². The molecule has 0 bridgehead atoms. The molecule has 0 atom stereocenters. The molecule has 0 aliphatic heterocycles. The largest absolute Gasteiger partial charge is 0.351 e. The Bertz CT molecular complexity index is 384. The number of carbonyl (C=O) groups is 1. The fraction of sp³-hybridized carbons (Fsp3) is 0.300. The van der Waals surface area contributed by atoms with Gasteiger partial charge in [0.15, 0.2) is 0 Å². The Balaban J connectivity index is 2.95. The Morgan fingerprint density at radius 1 is 1.60 bits per heavy atom. The van der Waals surface area contributed by atoms with E-state index in [4.69, 9.17) is 0 Å². The highest BCUT2D eigenvalue weighted by atomic mass is 79.9. The van der Waals surface area contributed by atoms with Gasteiger partial charge in [0.25, 0.3) is 5.91 Å². The molecular formula is C10H11BrFNOS. The number of thiol groups is 1. The first-order valence-electron chi connectivity index (χ1n) is 4.41. The van der Waals surface area contributed by atoms with Crippen molar-refractivity contribution in [3.05, 3.63) is 33.5 Å². The van der Waals surface area contributed by atoms with Crippen molar-refractivity contribution in [2.75, 3.05) is 12.3 Å². The molecule has 1 aromatic rings. The van der Waals surface area contributed by atoms with Crippen LogP contribution in [0.15, 0.2) is 16.6 Å². The van der Waals surface area contributed by atoms with Crippen LogP contribution in [0.2, 0.25) is 0 Å². The summed E-state index contributed by atoms with van der Waals surface area (Å²) in [6.07, 6.45) is 0. The van der Waals surface area contributed by atoms with E-state index in [1.165, 1.54) is 6.07 Å². The van der Waals surface area contributed by atoms with E-state index >= 15 is 0 Å². The minimum Gasteiger partial charge on any atom is -0.351 e. The Morgan fingerprint density at radius 3 is 2.87 bits per heavy atom. The minimum atomic E-state index is -0.522. The highest BCUT2D eigenvalue weighted by Crippen LogP contribution is 2.22. The standard InChI is InChI=1S/C10H11BrFNOS/c1-6-2-3-7(9(12)8(6)11)10(14)13-4-5-15/h2-3,15H,4-5H2,1H3,(H,13,14). The number of amides is 1. The van der Waals surface area contributed by atoms with Gasteiger partial charge in [-0.25, -0.2) is 4.39 Å². The number of halogens is 2. The number of aryl methyl sites for hydroxylation is 1. The van der Waals surface area contributed by atoms with Crippen molar-refractivity contribution in [3.8, 4) is 0 Å². The first kappa shape index (κ1) is 12.5. The monoisotopic (exact) mass is 291 g/mol. The molecule has 0 saturated carbocycles. The van der Waals surface area contributed by atoms with Crippen LogP contribution in [-0.4, -0.2) is 18.2 Å². The molecule has 0 fully saturated rings. The van der Waals surface area contributed by atoms with Crippen molar-refractivity contribution in [1.29, 1.82) is 0 Å². The lowest BCUT2D eigenvalue weighted by atomic mass is 10.1. The van der Waals surface area contributed by atoms with Crippen molar-refractivity contribution >= 4 is 34.5 Å². The Hall–Kier alpha value is -0.550. The zero-order chi connectivity index (χ0) is 11.4. The van der Waals surface area contributed by atoms with E-state index < -0.39 is 11.7 Å². The lowest BCUT2D eigenvalue weighted by molar-refractivity contribution is 0.0952. The van der Waals surface area contributed by atoms with Crippen LogP contribution < -0.4 is 5.32 Å². The maximum atomic E-state index is 13.6. The summed E-state index contributed by atoms with van der Waals surface area (Å²) in [5.41, 5.74) is 0.813. The topological polar surface area (TPSA) is 29.1 Å². The van der Waals surface area contributed by atoms with Gasteiger partial charge in [-0.05, 0) is 34.5 Å². The van der Waals surface area contributed by atoms with Crippen molar-refractivity contribution in [3.63, 3.8) is 0 Å². The summed E-state index contributed by atoms with van der Waals surface area (Å²) in [6.45, 7) is 2.19. The fourth-order valence-electron chi connectivity index (χ4n) is 1.09. The third-order valence-corrected chi connectivity index (χ3v) is 3.11. The van der Waals surface area contributed by atoms with Crippen LogP contribution in [0.25, 0.3) is 0 Å². The molecule has 1 aromatic carbocycles. The number of carbonyl (C=O) groups excluding carboxylic acids is 1. The average molecular weight is 292 g/mol. The summed E-state index contributed by atoms with van der Waals surface area (Å²) >= 11 is 7.05. The van der Waals surface area contributed by atoms with Gasteiger partial charge in [0.05, 0.1) is 10.0 Å². The molecule has 15 heavy (non-hydrogen) atoms. The molecule has 82 valence electrons. The number of rotatable bonds is 3. The quantitative estimate of drug-likeness (QED) is 0.824. The van der Waals surface area contributed by atoms with Crippen LogP contribution >= 0.6 is 28.6 Å². The normalized spacial score (nSPS) is 10.1. The van der Waals surface area contributed by atoms with Gasteiger partial charge in [-0.1, -0.05) is 6.07 Å². The number of benzene rings is 1. The summed E-state index contributed by atoms with van der Waals surface area (Å²) < 4.78 is 13.9. The van der Waals surface area contributed by atoms with Gasteiger partial charge >= 0.3 is 0 Å². The highest BCUT2D eigenvalue weighted by Gasteiger charge is 2.14. The summed E-state index contributed by atoms with van der Waals surface area (Å²) in [4.78, 5) is 11.5. The summed E-state index contributed by atoms with van der Waals surface area (Å²) in [7, 11) is 0. The lowest BCUT2D eigenvalue weighted by Crippen LogP contribution is -2.26. The van der Waals surface area contributed by atoms with Crippen LogP contribution in [0.5, 0.6) is 0 Å². The molecule has 0 spiro atoms. The van der Waals surface area contributed by atoms with Crippen LogP contribution in [0.1, 0.15) is 15.9 Å². The molecule has 1 amide bonds. The van der Waals surface area contributed by atoms with Crippen molar-refractivity contribution < 1.29 is 9.18 Å². The number of hydrogen-bond acceptors (Lipinski definition) is 2. The van der Waals surface area contributed by atoms with E-state index in [0.717, 1.165) is 5.56 Å². The van der Waals surface area contributed by atoms with Gasteiger partial charge in [0.1, 0.15) is 5.82 Å². The molecule has 0 saturated heterocycles. The molecule has 1 N–H and O–H groups in total. The van der Waals surface area contributed by atoms with Crippen LogP contribution in [0.4, 0.5) is 4.39 Å².